The highest BCUT2D eigenvalue weighted by Crippen LogP contribution is 2.25. The first kappa shape index (κ1) is 15.3. The van der Waals surface area contributed by atoms with E-state index in [1.54, 1.807) is 16.4 Å². The van der Waals surface area contributed by atoms with Crippen LogP contribution in [0.1, 0.15) is 33.1 Å². The number of hydrogen-bond acceptors (Lipinski definition) is 4. The first-order valence-corrected chi connectivity index (χ1v) is 8.72. The highest BCUT2D eigenvalue weighted by atomic mass is 32.2. The van der Waals surface area contributed by atoms with Gasteiger partial charge in [0.15, 0.2) is 0 Å². The van der Waals surface area contributed by atoms with Gasteiger partial charge in [-0.05, 0) is 37.8 Å². The molecule has 1 aromatic rings. The van der Waals surface area contributed by atoms with Gasteiger partial charge < -0.3 is 5.32 Å². The molecule has 112 valence electrons. The van der Waals surface area contributed by atoms with Gasteiger partial charge in [-0.3, -0.25) is 0 Å². The van der Waals surface area contributed by atoms with Crippen LogP contribution < -0.4 is 5.32 Å². The summed E-state index contributed by atoms with van der Waals surface area (Å²) in [5.41, 5.74) is 0. The van der Waals surface area contributed by atoms with Crippen LogP contribution in [0.15, 0.2) is 23.2 Å². The second-order valence-electron chi connectivity index (χ2n) is 5.19. The molecule has 0 radical (unpaired) electrons. The molecule has 20 heavy (non-hydrogen) atoms. The Bertz CT molecular complexity index is 528. The summed E-state index contributed by atoms with van der Waals surface area (Å²) in [6, 6.07) is 3.35. The lowest BCUT2D eigenvalue weighted by atomic mass is 9.97. The second kappa shape index (κ2) is 6.54. The van der Waals surface area contributed by atoms with Crippen LogP contribution >= 0.6 is 0 Å². The zero-order valence-corrected chi connectivity index (χ0v) is 13.0. The molecule has 1 aliphatic heterocycles. The Morgan fingerprint density at radius 1 is 1.40 bits per heavy atom. The lowest BCUT2D eigenvalue weighted by molar-refractivity contribution is 0.261. The van der Waals surface area contributed by atoms with Gasteiger partial charge in [0.2, 0.25) is 10.0 Å². The van der Waals surface area contributed by atoms with Gasteiger partial charge in [0, 0.05) is 25.8 Å². The average Bonchev–Trinajstić information content (AvgIpc) is 2.48. The largest absolute Gasteiger partial charge is 0.370 e. The van der Waals surface area contributed by atoms with Crippen LogP contribution in [0.2, 0.25) is 0 Å². The van der Waals surface area contributed by atoms with Crippen molar-refractivity contribution in [3.8, 4) is 0 Å². The molecule has 0 aliphatic carbocycles. The summed E-state index contributed by atoms with van der Waals surface area (Å²) in [7, 11) is -3.39. The minimum Gasteiger partial charge on any atom is -0.370 e. The molecule has 1 aromatic heterocycles. The predicted octanol–water partition coefficient (Wildman–Crippen LogP) is 2.32. The normalized spacial score (nSPS) is 20.8. The number of piperidine rings is 1. The van der Waals surface area contributed by atoms with Crippen LogP contribution in [0.5, 0.6) is 0 Å². The lowest BCUT2D eigenvalue weighted by Crippen LogP contribution is -2.39. The van der Waals surface area contributed by atoms with Gasteiger partial charge in [-0.25, -0.2) is 13.4 Å². The van der Waals surface area contributed by atoms with Crippen molar-refractivity contribution in [2.45, 2.75) is 38.0 Å². The lowest BCUT2D eigenvalue weighted by Gasteiger charge is -2.31. The summed E-state index contributed by atoms with van der Waals surface area (Å²) in [4.78, 5) is 4.44. The molecule has 0 saturated carbocycles. The van der Waals surface area contributed by atoms with Gasteiger partial charge in [-0.15, -0.1) is 0 Å². The summed E-state index contributed by atoms with van der Waals surface area (Å²) in [6.45, 7) is 6.11. The van der Waals surface area contributed by atoms with E-state index < -0.39 is 10.0 Å². The highest BCUT2D eigenvalue weighted by Gasteiger charge is 2.29. The zero-order valence-electron chi connectivity index (χ0n) is 12.2. The summed E-state index contributed by atoms with van der Waals surface area (Å²) >= 11 is 0. The number of anilines is 1. The third-order valence-electron chi connectivity index (χ3n) is 3.79. The Morgan fingerprint density at radius 2 is 2.20 bits per heavy atom. The molecule has 0 amide bonds. The van der Waals surface area contributed by atoms with Gasteiger partial charge in [0.25, 0.3) is 0 Å². The molecular formula is C14H23N3O2S. The van der Waals surface area contributed by atoms with Crippen LogP contribution in [0, 0.1) is 5.92 Å². The topological polar surface area (TPSA) is 62.3 Å². The maximum atomic E-state index is 12.6. The van der Waals surface area contributed by atoms with Crippen molar-refractivity contribution in [2.75, 3.05) is 25.0 Å². The Labute approximate surface area is 121 Å². The summed E-state index contributed by atoms with van der Waals surface area (Å²) in [6.07, 6.45) is 4.55. The maximum Gasteiger partial charge on any atom is 0.244 e. The van der Waals surface area contributed by atoms with Gasteiger partial charge in [0.05, 0.1) is 0 Å². The third-order valence-corrected chi connectivity index (χ3v) is 5.64. The molecule has 0 aromatic carbocycles. The number of nitrogens with zero attached hydrogens (tertiary/aromatic N) is 2. The van der Waals surface area contributed by atoms with Crippen molar-refractivity contribution in [1.82, 2.24) is 9.29 Å². The van der Waals surface area contributed by atoms with Gasteiger partial charge in [0.1, 0.15) is 10.7 Å². The van der Waals surface area contributed by atoms with E-state index in [4.69, 9.17) is 0 Å². The summed E-state index contributed by atoms with van der Waals surface area (Å²) in [5, 5.41) is 3.06. The SMILES string of the molecule is CCNc1ccc(S(=O)(=O)N2CCCC(CC)C2)cn1. The molecule has 1 saturated heterocycles. The number of nitrogens with one attached hydrogen (secondary N) is 1. The maximum absolute atomic E-state index is 12.6. The predicted molar refractivity (Wildman–Crippen MR) is 80.2 cm³/mol. The van der Waals surface area contributed by atoms with Crippen molar-refractivity contribution in [1.29, 1.82) is 0 Å². The second-order valence-corrected chi connectivity index (χ2v) is 7.13. The van der Waals surface area contributed by atoms with Crippen molar-refractivity contribution in [3.63, 3.8) is 0 Å². The summed E-state index contributed by atoms with van der Waals surface area (Å²) in [5.74, 6) is 1.18. The van der Waals surface area contributed by atoms with E-state index in [0.717, 1.165) is 25.8 Å². The van der Waals surface area contributed by atoms with E-state index in [2.05, 4.69) is 17.2 Å². The monoisotopic (exact) mass is 297 g/mol. The van der Waals surface area contributed by atoms with Crippen LogP contribution in [0.4, 0.5) is 5.82 Å². The van der Waals surface area contributed by atoms with Crippen molar-refractivity contribution >= 4 is 15.8 Å². The molecule has 1 unspecified atom stereocenters. The molecule has 0 spiro atoms. The average molecular weight is 297 g/mol. The quantitative estimate of drug-likeness (QED) is 0.906. The number of aromatic nitrogens is 1. The Hall–Kier alpha value is -1.14. The van der Waals surface area contributed by atoms with Crippen molar-refractivity contribution in [3.05, 3.63) is 18.3 Å². The number of sulfonamides is 1. The molecule has 6 heteroatoms. The van der Waals surface area contributed by atoms with E-state index in [1.165, 1.54) is 6.20 Å². The molecular weight excluding hydrogens is 274 g/mol. The molecule has 5 nitrogen and oxygen atoms in total. The van der Waals surface area contributed by atoms with E-state index in [1.807, 2.05) is 6.92 Å². The minimum atomic E-state index is -3.39. The first-order chi connectivity index (χ1) is 9.57. The Morgan fingerprint density at radius 3 is 2.80 bits per heavy atom. The van der Waals surface area contributed by atoms with Gasteiger partial charge in [-0.2, -0.15) is 4.31 Å². The Balaban J connectivity index is 2.16. The van der Waals surface area contributed by atoms with Crippen LogP contribution in [-0.4, -0.2) is 37.3 Å². The van der Waals surface area contributed by atoms with E-state index in [0.29, 0.717) is 24.8 Å². The van der Waals surface area contributed by atoms with E-state index in [-0.39, 0.29) is 4.90 Å². The fourth-order valence-corrected chi connectivity index (χ4v) is 4.05. The smallest absolute Gasteiger partial charge is 0.244 e. The number of rotatable bonds is 5. The highest BCUT2D eigenvalue weighted by molar-refractivity contribution is 7.89. The number of hydrogen-bond donors (Lipinski definition) is 1. The Kier molecular flexibility index (Phi) is 4.99. The number of pyridine rings is 1. The molecule has 2 heterocycles. The van der Waals surface area contributed by atoms with Crippen LogP contribution in [-0.2, 0) is 10.0 Å². The van der Waals surface area contributed by atoms with Crippen LogP contribution in [0.3, 0.4) is 0 Å². The fourth-order valence-electron chi connectivity index (χ4n) is 2.55. The molecule has 1 atom stereocenters. The minimum absolute atomic E-state index is 0.288. The molecule has 2 rings (SSSR count). The standard InChI is InChI=1S/C14H23N3O2S/c1-3-12-6-5-9-17(11-12)20(18,19)13-7-8-14(15-4-2)16-10-13/h7-8,10,12H,3-6,9,11H2,1-2H3,(H,15,16). The molecule has 1 fully saturated rings. The van der Waals surface area contributed by atoms with Crippen molar-refractivity contribution in [2.24, 2.45) is 5.92 Å². The first-order valence-electron chi connectivity index (χ1n) is 7.28. The van der Waals surface area contributed by atoms with E-state index >= 15 is 0 Å². The third kappa shape index (κ3) is 3.30. The van der Waals surface area contributed by atoms with Crippen LogP contribution in [0.25, 0.3) is 0 Å². The van der Waals surface area contributed by atoms with Gasteiger partial charge in [-0.1, -0.05) is 13.3 Å². The fraction of sp³-hybridized carbons (Fsp3) is 0.643. The molecule has 1 aliphatic rings. The van der Waals surface area contributed by atoms with Crippen molar-refractivity contribution < 1.29 is 8.42 Å². The molecule has 1 N–H and O–H groups in total. The molecule has 0 bridgehead atoms. The van der Waals surface area contributed by atoms with Gasteiger partial charge >= 0.3 is 0 Å². The summed E-state index contributed by atoms with van der Waals surface area (Å²) < 4.78 is 26.8. The van der Waals surface area contributed by atoms with E-state index in [9.17, 15) is 8.42 Å². The zero-order chi connectivity index (χ0) is 14.6.